The van der Waals surface area contributed by atoms with E-state index < -0.39 is 0 Å². The van der Waals surface area contributed by atoms with E-state index in [9.17, 15) is 0 Å². The van der Waals surface area contributed by atoms with Crippen LogP contribution >= 0.6 is 11.3 Å². The normalized spacial score (nSPS) is 12.5. The summed E-state index contributed by atoms with van der Waals surface area (Å²) in [6, 6.07) is 15.1. The van der Waals surface area contributed by atoms with Gasteiger partial charge in [0.25, 0.3) is 0 Å². The first-order chi connectivity index (χ1) is 9.22. The van der Waals surface area contributed by atoms with Crippen LogP contribution in [-0.2, 0) is 0 Å². The molecule has 0 saturated heterocycles. The van der Waals surface area contributed by atoms with Gasteiger partial charge in [0.1, 0.15) is 5.01 Å². The minimum absolute atomic E-state index is 0.236. The Kier molecular flexibility index (Phi) is 3.22. The molecule has 19 heavy (non-hydrogen) atoms. The van der Waals surface area contributed by atoms with Gasteiger partial charge in [0, 0.05) is 16.8 Å². The Morgan fingerprint density at radius 2 is 1.89 bits per heavy atom. The van der Waals surface area contributed by atoms with Crippen LogP contribution in [0.3, 0.4) is 0 Å². The second kappa shape index (κ2) is 5.02. The van der Waals surface area contributed by atoms with Crippen molar-refractivity contribution >= 4 is 27.8 Å². The molecule has 1 N–H and O–H groups in total. The number of aromatic nitrogens is 1. The van der Waals surface area contributed by atoms with Crippen LogP contribution in [-0.4, -0.2) is 4.98 Å². The molecule has 0 aliphatic rings. The lowest BCUT2D eigenvalue weighted by molar-refractivity contribution is 0.864. The van der Waals surface area contributed by atoms with E-state index in [4.69, 9.17) is 0 Å². The summed E-state index contributed by atoms with van der Waals surface area (Å²) in [5.74, 6) is 0. The summed E-state index contributed by atoms with van der Waals surface area (Å²) < 4.78 is 0. The zero-order valence-corrected chi connectivity index (χ0v) is 11.9. The lowest BCUT2D eigenvalue weighted by Crippen LogP contribution is -2.06. The number of fused-ring (bicyclic) bond motifs is 1. The average Bonchev–Trinajstić information content (AvgIpc) is 2.85. The number of benzene rings is 2. The minimum Gasteiger partial charge on any atom is -0.376 e. The first-order valence-electron chi connectivity index (χ1n) is 6.40. The topological polar surface area (TPSA) is 24.9 Å². The summed E-state index contributed by atoms with van der Waals surface area (Å²) >= 11 is 1.71. The van der Waals surface area contributed by atoms with Gasteiger partial charge in [0.05, 0.1) is 6.04 Å². The predicted molar refractivity (Wildman–Crippen MR) is 82.8 cm³/mol. The molecule has 0 bridgehead atoms. The minimum atomic E-state index is 0.236. The zero-order chi connectivity index (χ0) is 13.2. The second-order valence-electron chi connectivity index (χ2n) is 4.76. The van der Waals surface area contributed by atoms with Gasteiger partial charge >= 0.3 is 0 Å². The Bertz CT molecular complexity index is 703. The zero-order valence-electron chi connectivity index (χ0n) is 11.1. The lowest BCUT2D eigenvalue weighted by Gasteiger charge is -2.13. The van der Waals surface area contributed by atoms with Crippen LogP contribution in [0.4, 0.5) is 5.69 Å². The molecular formula is C16H16N2S. The summed E-state index contributed by atoms with van der Waals surface area (Å²) in [7, 11) is 0. The van der Waals surface area contributed by atoms with E-state index >= 15 is 0 Å². The molecule has 96 valence electrons. The molecule has 2 nitrogen and oxygen atoms in total. The van der Waals surface area contributed by atoms with E-state index in [1.54, 1.807) is 11.3 Å². The Balaban J connectivity index is 1.84. The summed E-state index contributed by atoms with van der Waals surface area (Å²) in [6.45, 7) is 4.18. The third kappa shape index (κ3) is 2.61. The van der Waals surface area contributed by atoms with Crippen LogP contribution in [0.25, 0.3) is 10.8 Å². The van der Waals surface area contributed by atoms with Gasteiger partial charge in [0.15, 0.2) is 0 Å². The van der Waals surface area contributed by atoms with Crippen molar-refractivity contribution in [2.75, 3.05) is 5.32 Å². The molecule has 3 heteroatoms. The fourth-order valence-corrected chi connectivity index (χ4v) is 2.97. The summed E-state index contributed by atoms with van der Waals surface area (Å²) in [6.07, 6.45) is 0. The summed E-state index contributed by atoms with van der Waals surface area (Å²) in [4.78, 5) is 4.53. The van der Waals surface area contributed by atoms with Crippen molar-refractivity contribution in [2.45, 2.75) is 19.9 Å². The predicted octanol–water partition coefficient (Wildman–Crippen LogP) is 4.78. The van der Waals surface area contributed by atoms with Crippen molar-refractivity contribution in [2.24, 2.45) is 0 Å². The van der Waals surface area contributed by atoms with E-state index in [1.165, 1.54) is 10.8 Å². The number of hydrogen-bond acceptors (Lipinski definition) is 3. The highest BCUT2D eigenvalue weighted by atomic mass is 32.1. The third-order valence-electron chi connectivity index (χ3n) is 3.14. The molecule has 3 rings (SSSR count). The summed E-state index contributed by atoms with van der Waals surface area (Å²) in [5, 5.41) is 9.26. The molecule has 0 aliphatic heterocycles. The first-order valence-corrected chi connectivity index (χ1v) is 7.28. The molecular weight excluding hydrogens is 252 g/mol. The number of nitrogens with one attached hydrogen (secondary N) is 1. The highest BCUT2D eigenvalue weighted by Gasteiger charge is 2.09. The smallest absolute Gasteiger partial charge is 0.115 e. The van der Waals surface area contributed by atoms with Crippen LogP contribution < -0.4 is 5.32 Å². The molecule has 0 amide bonds. The monoisotopic (exact) mass is 268 g/mol. The first kappa shape index (κ1) is 12.2. The molecule has 0 fully saturated rings. The maximum atomic E-state index is 4.53. The maximum Gasteiger partial charge on any atom is 0.115 e. The van der Waals surface area contributed by atoms with Crippen molar-refractivity contribution in [1.29, 1.82) is 0 Å². The molecule has 1 unspecified atom stereocenters. The van der Waals surface area contributed by atoms with Crippen LogP contribution in [0.1, 0.15) is 23.7 Å². The van der Waals surface area contributed by atoms with Gasteiger partial charge in [-0.1, -0.05) is 30.3 Å². The van der Waals surface area contributed by atoms with Crippen LogP contribution in [0.2, 0.25) is 0 Å². The fourth-order valence-electron chi connectivity index (χ4n) is 2.16. The Labute approximate surface area is 117 Å². The SMILES string of the molecule is Cc1csc(C(C)Nc2ccc3ccccc3c2)n1. The van der Waals surface area contributed by atoms with Gasteiger partial charge in [-0.2, -0.15) is 0 Å². The average molecular weight is 268 g/mol. The Hall–Kier alpha value is -1.87. The van der Waals surface area contributed by atoms with Gasteiger partial charge < -0.3 is 5.32 Å². The van der Waals surface area contributed by atoms with Crippen LogP contribution in [0.5, 0.6) is 0 Å². The molecule has 3 aromatic rings. The third-order valence-corrected chi connectivity index (χ3v) is 4.29. The van der Waals surface area contributed by atoms with Crippen LogP contribution in [0.15, 0.2) is 47.8 Å². The van der Waals surface area contributed by atoms with E-state index in [0.29, 0.717) is 0 Å². The van der Waals surface area contributed by atoms with Crippen molar-refractivity contribution in [3.8, 4) is 0 Å². The highest BCUT2D eigenvalue weighted by Crippen LogP contribution is 2.24. The van der Waals surface area contributed by atoms with E-state index in [1.807, 2.05) is 6.92 Å². The molecule has 0 aliphatic carbocycles. The number of thiazole rings is 1. The Morgan fingerprint density at radius 1 is 1.11 bits per heavy atom. The van der Waals surface area contributed by atoms with E-state index in [2.05, 4.69) is 65.1 Å². The van der Waals surface area contributed by atoms with Crippen molar-refractivity contribution in [1.82, 2.24) is 4.98 Å². The second-order valence-corrected chi connectivity index (χ2v) is 5.64. The van der Waals surface area contributed by atoms with Crippen molar-refractivity contribution in [3.05, 3.63) is 58.5 Å². The fraction of sp³-hybridized carbons (Fsp3) is 0.188. The number of anilines is 1. The molecule has 0 radical (unpaired) electrons. The van der Waals surface area contributed by atoms with E-state index in [0.717, 1.165) is 16.4 Å². The van der Waals surface area contributed by atoms with Gasteiger partial charge in [-0.15, -0.1) is 11.3 Å². The molecule has 0 spiro atoms. The molecule has 0 saturated carbocycles. The number of aryl methyl sites for hydroxylation is 1. The Morgan fingerprint density at radius 3 is 2.63 bits per heavy atom. The van der Waals surface area contributed by atoms with E-state index in [-0.39, 0.29) is 6.04 Å². The molecule has 1 aromatic heterocycles. The number of hydrogen-bond donors (Lipinski definition) is 1. The maximum absolute atomic E-state index is 4.53. The largest absolute Gasteiger partial charge is 0.376 e. The standard InChI is InChI=1S/C16H16N2S/c1-11-10-19-16(17-11)12(2)18-15-8-7-13-5-3-4-6-14(13)9-15/h3-10,12,18H,1-2H3. The van der Waals surface area contributed by atoms with Gasteiger partial charge in [-0.05, 0) is 36.8 Å². The summed E-state index contributed by atoms with van der Waals surface area (Å²) in [5.41, 5.74) is 2.23. The number of rotatable bonds is 3. The van der Waals surface area contributed by atoms with Crippen molar-refractivity contribution in [3.63, 3.8) is 0 Å². The van der Waals surface area contributed by atoms with Crippen molar-refractivity contribution < 1.29 is 0 Å². The molecule has 1 atom stereocenters. The van der Waals surface area contributed by atoms with Gasteiger partial charge in [-0.25, -0.2) is 4.98 Å². The van der Waals surface area contributed by atoms with Gasteiger partial charge in [0.2, 0.25) is 0 Å². The molecule has 1 heterocycles. The number of nitrogens with zero attached hydrogens (tertiary/aromatic N) is 1. The van der Waals surface area contributed by atoms with Gasteiger partial charge in [-0.3, -0.25) is 0 Å². The van der Waals surface area contributed by atoms with Crippen LogP contribution in [0, 0.1) is 6.92 Å². The molecule has 2 aromatic carbocycles. The quantitative estimate of drug-likeness (QED) is 0.739. The lowest BCUT2D eigenvalue weighted by atomic mass is 10.1. The highest BCUT2D eigenvalue weighted by molar-refractivity contribution is 7.09.